The highest BCUT2D eigenvalue weighted by Crippen LogP contribution is 2.40. The number of aromatic nitrogens is 2. The van der Waals surface area contributed by atoms with Crippen molar-refractivity contribution in [2.24, 2.45) is 0 Å². The van der Waals surface area contributed by atoms with E-state index >= 15 is 0 Å². The normalized spacial score (nSPS) is 29.5. The molecule has 0 spiro atoms. The van der Waals surface area contributed by atoms with Crippen LogP contribution in [-0.4, -0.2) is 60.5 Å². The second kappa shape index (κ2) is 7.30. The van der Waals surface area contributed by atoms with Crippen LogP contribution in [0, 0.1) is 0 Å². The molecule has 0 bridgehead atoms. The molecule has 11 nitrogen and oxygen atoms in total. The predicted molar refractivity (Wildman–Crippen MR) is 93.4 cm³/mol. The van der Waals surface area contributed by atoms with Crippen LogP contribution in [0.4, 0.5) is 10.6 Å². The molecule has 5 N–H and O–H groups in total. The maximum atomic E-state index is 12.3. The lowest BCUT2D eigenvalue weighted by molar-refractivity contribution is -0.321. The number of para-hydroxylation sites is 1. The van der Waals surface area contributed by atoms with Crippen molar-refractivity contribution in [3.05, 3.63) is 53.1 Å². The molecule has 1 aromatic carbocycles. The number of aliphatic hydroxyl groups excluding tert-OH is 2. The molecule has 0 unspecified atom stereocenters. The average Bonchev–Trinajstić information content (AvgIpc) is 2.83. The molecule has 1 fully saturated rings. The van der Waals surface area contributed by atoms with Crippen molar-refractivity contribution in [3.8, 4) is 5.75 Å². The van der Waals surface area contributed by atoms with Crippen LogP contribution in [0.1, 0.15) is 6.92 Å². The van der Waals surface area contributed by atoms with Crippen molar-refractivity contribution in [1.29, 1.82) is 0 Å². The Morgan fingerprint density at radius 1 is 1.32 bits per heavy atom. The number of aliphatic hydroxyl groups is 4. The SMILES string of the molecule is C[C@@]1(O)[C@H](O)[C@@H](CO)O[C@@]1(O)n1ccc(NC(=O)Oc2ccccc2)nc1=O. The molecule has 1 aliphatic heterocycles. The van der Waals surface area contributed by atoms with E-state index in [2.05, 4.69) is 10.3 Å². The molecule has 1 aliphatic rings. The Labute approximate surface area is 158 Å². The third-order valence-corrected chi connectivity index (χ3v) is 4.40. The summed E-state index contributed by atoms with van der Waals surface area (Å²) < 4.78 is 10.7. The monoisotopic (exact) mass is 393 g/mol. The number of rotatable bonds is 4. The van der Waals surface area contributed by atoms with Gasteiger partial charge in [0.2, 0.25) is 0 Å². The fraction of sp³-hybridized carbons (Fsp3) is 0.353. The Morgan fingerprint density at radius 2 is 2.00 bits per heavy atom. The van der Waals surface area contributed by atoms with Crippen molar-refractivity contribution >= 4 is 11.9 Å². The van der Waals surface area contributed by atoms with Gasteiger partial charge in [-0.3, -0.25) is 5.32 Å². The van der Waals surface area contributed by atoms with Crippen LogP contribution in [-0.2, 0) is 10.6 Å². The van der Waals surface area contributed by atoms with Gasteiger partial charge in [0.15, 0.2) is 5.60 Å². The number of amides is 1. The zero-order valence-electron chi connectivity index (χ0n) is 14.7. The fourth-order valence-corrected chi connectivity index (χ4v) is 2.82. The topological polar surface area (TPSA) is 163 Å². The standard InChI is InChI=1S/C17H19N3O8/c1-16(25)13(22)11(9-21)28-17(16,26)20-8-7-12(18-14(20)23)19-15(24)27-10-5-3-2-4-6-10/h2-8,11,13,21-22,25-26H,9H2,1H3,(H,18,19,23,24)/t11-,13-,16-,17-/m1/s1. The van der Waals surface area contributed by atoms with Crippen LogP contribution in [0.25, 0.3) is 0 Å². The van der Waals surface area contributed by atoms with E-state index in [-0.39, 0.29) is 11.6 Å². The smallest absolute Gasteiger partial charge is 0.410 e. The van der Waals surface area contributed by atoms with Gasteiger partial charge in [0.05, 0.1) is 6.61 Å². The molecular formula is C17H19N3O8. The van der Waals surface area contributed by atoms with E-state index in [0.717, 1.165) is 19.2 Å². The highest BCUT2D eigenvalue weighted by molar-refractivity contribution is 5.84. The zero-order chi connectivity index (χ0) is 20.5. The first-order valence-electron chi connectivity index (χ1n) is 8.24. The molecule has 28 heavy (non-hydrogen) atoms. The minimum Gasteiger partial charge on any atom is -0.410 e. The highest BCUT2D eigenvalue weighted by Gasteiger charge is 2.64. The van der Waals surface area contributed by atoms with Gasteiger partial charge < -0.3 is 29.9 Å². The summed E-state index contributed by atoms with van der Waals surface area (Å²) in [6.07, 6.45) is -2.89. The van der Waals surface area contributed by atoms with Crippen molar-refractivity contribution in [1.82, 2.24) is 9.55 Å². The molecule has 1 amide bonds. The lowest BCUT2D eigenvalue weighted by Crippen LogP contribution is -2.58. The van der Waals surface area contributed by atoms with Gasteiger partial charge in [0.25, 0.3) is 5.91 Å². The van der Waals surface area contributed by atoms with E-state index in [1.54, 1.807) is 30.3 Å². The van der Waals surface area contributed by atoms with Crippen LogP contribution in [0.5, 0.6) is 5.75 Å². The molecule has 2 heterocycles. The van der Waals surface area contributed by atoms with Crippen LogP contribution in [0.2, 0.25) is 0 Å². The summed E-state index contributed by atoms with van der Waals surface area (Å²) >= 11 is 0. The van der Waals surface area contributed by atoms with Crippen LogP contribution in [0.3, 0.4) is 0 Å². The van der Waals surface area contributed by atoms with E-state index < -0.39 is 42.1 Å². The summed E-state index contributed by atoms with van der Waals surface area (Å²) in [4.78, 5) is 27.8. The van der Waals surface area contributed by atoms with Gasteiger partial charge in [-0.15, -0.1) is 0 Å². The molecule has 1 aromatic heterocycles. The minimum absolute atomic E-state index is 0.178. The third kappa shape index (κ3) is 3.37. The second-order valence-electron chi connectivity index (χ2n) is 6.33. The quantitative estimate of drug-likeness (QED) is 0.436. The molecule has 150 valence electrons. The number of hydrogen-bond acceptors (Lipinski definition) is 9. The Kier molecular flexibility index (Phi) is 5.19. The molecule has 0 radical (unpaired) electrons. The van der Waals surface area contributed by atoms with Crippen molar-refractivity contribution in [3.63, 3.8) is 0 Å². The molecule has 0 saturated carbocycles. The Balaban J connectivity index is 1.81. The number of nitrogens with one attached hydrogen (secondary N) is 1. The zero-order valence-corrected chi connectivity index (χ0v) is 14.7. The molecule has 1 saturated heterocycles. The van der Waals surface area contributed by atoms with Gasteiger partial charge in [0, 0.05) is 6.20 Å². The molecule has 11 heteroatoms. The first-order valence-corrected chi connectivity index (χ1v) is 8.24. The van der Waals surface area contributed by atoms with Crippen LogP contribution >= 0.6 is 0 Å². The van der Waals surface area contributed by atoms with E-state index in [1.807, 2.05) is 0 Å². The van der Waals surface area contributed by atoms with Crippen LogP contribution < -0.4 is 15.7 Å². The van der Waals surface area contributed by atoms with Gasteiger partial charge in [-0.05, 0) is 25.1 Å². The lowest BCUT2D eigenvalue weighted by atomic mass is 9.94. The van der Waals surface area contributed by atoms with Crippen LogP contribution in [0.15, 0.2) is 47.4 Å². The Hall–Kier alpha value is -2.83. The van der Waals surface area contributed by atoms with Gasteiger partial charge in [-0.2, -0.15) is 4.98 Å². The molecule has 4 atom stereocenters. The van der Waals surface area contributed by atoms with Gasteiger partial charge in [-0.25, -0.2) is 14.2 Å². The molecule has 2 aromatic rings. The lowest BCUT2D eigenvalue weighted by Gasteiger charge is -2.35. The maximum Gasteiger partial charge on any atom is 0.418 e. The fourth-order valence-electron chi connectivity index (χ4n) is 2.82. The minimum atomic E-state index is -2.69. The summed E-state index contributed by atoms with van der Waals surface area (Å²) in [7, 11) is 0. The number of ether oxygens (including phenoxy) is 2. The van der Waals surface area contributed by atoms with E-state index in [0.29, 0.717) is 4.57 Å². The first-order chi connectivity index (χ1) is 13.2. The number of anilines is 1. The number of hydrogen-bond donors (Lipinski definition) is 5. The summed E-state index contributed by atoms with van der Waals surface area (Å²) in [5.74, 6) is -2.59. The van der Waals surface area contributed by atoms with Gasteiger partial charge in [-0.1, -0.05) is 18.2 Å². The van der Waals surface area contributed by atoms with E-state index in [4.69, 9.17) is 9.47 Å². The summed E-state index contributed by atoms with van der Waals surface area (Å²) in [6, 6.07) is 9.36. The number of nitrogens with zero attached hydrogens (tertiary/aromatic N) is 2. The maximum absolute atomic E-state index is 12.3. The number of carbonyl (C=O) groups is 1. The van der Waals surface area contributed by atoms with E-state index in [1.165, 1.54) is 0 Å². The second-order valence-corrected chi connectivity index (χ2v) is 6.33. The average molecular weight is 393 g/mol. The van der Waals surface area contributed by atoms with Crippen molar-refractivity contribution in [2.45, 2.75) is 30.6 Å². The third-order valence-electron chi connectivity index (χ3n) is 4.40. The van der Waals surface area contributed by atoms with E-state index in [9.17, 15) is 30.0 Å². The molecular weight excluding hydrogens is 374 g/mol. The summed E-state index contributed by atoms with van der Waals surface area (Å²) in [5, 5.41) is 42.6. The molecule has 3 rings (SSSR count). The highest BCUT2D eigenvalue weighted by atomic mass is 16.7. The largest absolute Gasteiger partial charge is 0.418 e. The van der Waals surface area contributed by atoms with Gasteiger partial charge in [0.1, 0.15) is 23.8 Å². The Bertz CT molecular complexity index is 916. The number of carbonyl (C=O) groups excluding carboxylic acids is 1. The number of benzene rings is 1. The predicted octanol–water partition coefficient (Wildman–Crippen LogP) is -1.04. The summed E-state index contributed by atoms with van der Waals surface area (Å²) in [6.45, 7) is 0.343. The van der Waals surface area contributed by atoms with Gasteiger partial charge >= 0.3 is 11.8 Å². The first kappa shape index (κ1) is 19.9. The van der Waals surface area contributed by atoms with Crippen molar-refractivity contribution < 1.29 is 34.7 Å². The Morgan fingerprint density at radius 3 is 2.57 bits per heavy atom. The van der Waals surface area contributed by atoms with Crippen molar-refractivity contribution in [2.75, 3.05) is 11.9 Å². The summed E-state index contributed by atoms with van der Waals surface area (Å²) in [5.41, 5.74) is -3.42. The molecule has 0 aliphatic carbocycles.